The van der Waals surface area contributed by atoms with Crippen molar-refractivity contribution in [2.45, 2.75) is 73.3 Å². The SMILES string of the molecule is CCCCn1c(C)cc(=O)c(C(=O)Nc2c(CC)cccc2CC)c1CC. The first-order valence-electron chi connectivity index (χ1n) is 10.1. The van der Waals surface area contributed by atoms with Gasteiger partial charge in [-0.2, -0.15) is 0 Å². The first-order chi connectivity index (χ1) is 13.0. The maximum absolute atomic E-state index is 13.2. The molecule has 4 heteroatoms. The molecule has 0 saturated heterocycles. The predicted molar refractivity (Wildman–Crippen MR) is 113 cm³/mol. The molecule has 27 heavy (non-hydrogen) atoms. The number of nitrogens with one attached hydrogen (secondary N) is 1. The molecule has 0 fully saturated rings. The molecule has 0 radical (unpaired) electrons. The van der Waals surface area contributed by atoms with Gasteiger partial charge in [0, 0.05) is 29.7 Å². The Morgan fingerprint density at radius 1 is 1.04 bits per heavy atom. The van der Waals surface area contributed by atoms with Crippen molar-refractivity contribution in [2.75, 3.05) is 5.32 Å². The first-order valence-corrected chi connectivity index (χ1v) is 10.1. The lowest BCUT2D eigenvalue weighted by atomic mass is 10.0. The average molecular weight is 369 g/mol. The molecular formula is C23H32N2O2. The van der Waals surface area contributed by atoms with Gasteiger partial charge in [-0.05, 0) is 43.7 Å². The Hall–Kier alpha value is -2.36. The number of aromatic nitrogens is 1. The van der Waals surface area contributed by atoms with E-state index in [1.54, 1.807) is 6.07 Å². The van der Waals surface area contributed by atoms with Gasteiger partial charge in [-0.3, -0.25) is 9.59 Å². The van der Waals surface area contributed by atoms with Gasteiger partial charge in [0.2, 0.25) is 0 Å². The van der Waals surface area contributed by atoms with Crippen LogP contribution < -0.4 is 10.7 Å². The van der Waals surface area contributed by atoms with E-state index in [9.17, 15) is 9.59 Å². The van der Waals surface area contributed by atoms with Crippen molar-refractivity contribution in [3.63, 3.8) is 0 Å². The second kappa shape index (κ2) is 9.54. The Morgan fingerprint density at radius 2 is 1.67 bits per heavy atom. The lowest BCUT2D eigenvalue weighted by Crippen LogP contribution is -2.28. The Morgan fingerprint density at radius 3 is 2.19 bits per heavy atom. The van der Waals surface area contributed by atoms with Crippen molar-refractivity contribution in [2.24, 2.45) is 0 Å². The number of amides is 1. The first kappa shape index (κ1) is 20.9. The van der Waals surface area contributed by atoms with Crippen LogP contribution in [0, 0.1) is 6.92 Å². The van der Waals surface area contributed by atoms with E-state index in [1.165, 1.54) is 0 Å². The highest BCUT2D eigenvalue weighted by atomic mass is 16.2. The zero-order valence-electron chi connectivity index (χ0n) is 17.3. The van der Waals surface area contributed by atoms with Crippen LogP contribution in [0.4, 0.5) is 5.69 Å². The number of anilines is 1. The van der Waals surface area contributed by atoms with Gasteiger partial charge in [-0.15, -0.1) is 0 Å². The van der Waals surface area contributed by atoms with E-state index in [1.807, 2.05) is 32.0 Å². The third-order valence-electron chi connectivity index (χ3n) is 5.16. The summed E-state index contributed by atoms with van der Waals surface area (Å²) in [5.41, 5.74) is 4.89. The smallest absolute Gasteiger partial charge is 0.261 e. The molecule has 0 unspecified atom stereocenters. The molecule has 1 aromatic heterocycles. The summed E-state index contributed by atoms with van der Waals surface area (Å²) >= 11 is 0. The van der Waals surface area contributed by atoms with E-state index in [0.717, 1.165) is 60.4 Å². The Kier molecular flexibility index (Phi) is 7.40. The fraction of sp³-hybridized carbons (Fsp3) is 0.478. The third kappa shape index (κ3) is 4.49. The maximum atomic E-state index is 13.2. The summed E-state index contributed by atoms with van der Waals surface area (Å²) in [7, 11) is 0. The topological polar surface area (TPSA) is 51.1 Å². The summed E-state index contributed by atoms with van der Waals surface area (Å²) < 4.78 is 2.13. The molecule has 146 valence electrons. The van der Waals surface area contributed by atoms with E-state index >= 15 is 0 Å². The number of carbonyl (C=O) groups is 1. The van der Waals surface area contributed by atoms with Crippen molar-refractivity contribution in [3.8, 4) is 0 Å². The normalized spacial score (nSPS) is 10.9. The fourth-order valence-electron chi connectivity index (χ4n) is 3.65. The monoisotopic (exact) mass is 368 g/mol. The minimum atomic E-state index is -0.294. The Labute approximate surface area is 162 Å². The van der Waals surface area contributed by atoms with Gasteiger partial charge in [0.25, 0.3) is 5.91 Å². The van der Waals surface area contributed by atoms with Crippen molar-refractivity contribution < 1.29 is 4.79 Å². The number of aryl methyl sites for hydroxylation is 3. The van der Waals surface area contributed by atoms with Crippen LogP contribution in [-0.4, -0.2) is 10.5 Å². The van der Waals surface area contributed by atoms with Crippen molar-refractivity contribution in [1.29, 1.82) is 0 Å². The van der Waals surface area contributed by atoms with Crippen LogP contribution >= 0.6 is 0 Å². The molecule has 0 aliphatic rings. The summed E-state index contributed by atoms with van der Waals surface area (Å²) in [6.07, 6.45) is 4.41. The highest BCUT2D eigenvalue weighted by molar-refractivity contribution is 6.05. The number of rotatable bonds is 8. The van der Waals surface area contributed by atoms with Crippen molar-refractivity contribution in [3.05, 3.63) is 62.6 Å². The molecule has 0 bridgehead atoms. The highest BCUT2D eigenvalue weighted by Crippen LogP contribution is 2.23. The van der Waals surface area contributed by atoms with Gasteiger partial charge in [0.05, 0.1) is 0 Å². The molecule has 1 aromatic carbocycles. The van der Waals surface area contributed by atoms with Crippen LogP contribution in [0.25, 0.3) is 0 Å². The molecular weight excluding hydrogens is 336 g/mol. The molecule has 0 aliphatic heterocycles. The standard InChI is InChI=1S/C23H32N2O2/c1-6-10-14-25-16(5)15-20(26)21(19(25)9-4)23(27)24-22-17(7-2)12-11-13-18(22)8-3/h11-13,15H,6-10,14H2,1-5H3,(H,24,27). The van der Waals surface area contributed by atoms with Gasteiger partial charge >= 0.3 is 0 Å². The molecule has 0 saturated carbocycles. The van der Waals surface area contributed by atoms with E-state index in [-0.39, 0.29) is 16.9 Å². The second-order valence-corrected chi connectivity index (χ2v) is 6.94. The molecule has 1 heterocycles. The summed E-state index contributed by atoms with van der Waals surface area (Å²) in [4.78, 5) is 25.9. The zero-order valence-corrected chi connectivity index (χ0v) is 17.3. The molecule has 4 nitrogen and oxygen atoms in total. The molecule has 0 aliphatic carbocycles. The van der Waals surface area contributed by atoms with Gasteiger partial charge in [-0.25, -0.2) is 0 Å². The van der Waals surface area contributed by atoms with Crippen LogP contribution in [0.3, 0.4) is 0 Å². The minimum Gasteiger partial charge on any atom is -0.348 e. The number of hydrogen-bond donors (Lipinski definition) is 1. The number of benzene rings is 1. The molecule has 1 N–H and O–H groups in total. The highest BCUT2D eigenvalue weighted by Gasteiger charge is 2.20. The predicted octanol–water partition coefficient (Wildman–Crippen LogP) is 4.90. The van der Waals surface area contributed by atoms with Gasteiger partial charge in [-0.1, -0.05) is 52.3 Å². The van der Waals surface area contributed by atoms with Crippen molar-refractivity contribution in [1.82, 2.24) is 4.57 Å². The molecule has 1 amide bonds. The summed E-state index contributed by atoms with van der Waals surface area (Å²) in [6.45, 7) is 11.1. The van der Waals surface area contributed by atoms with E-state index in [4.69, 9.17) is 0 Å². The minimum absolute atomic E-state index is 0.193. The summed E-state index contributed by atoms with van der Waals surface area (Å²) in [5, 5.41) is 3.06. The quantitative estimate of drug-likeness (QED) is 0.721. The van der Waals surface area contributed by atoms with Gasteiger partial charge < -0.3 is 9.88 Å². The Bertz CT molecular complexity index is 843. The molecule has 2 aromatic rings. The van der Waals surface area contributed by atoms with Crippen LogP contribution in [0.1, 0.15) is 73.4 Å². The zero-order chi connectivity index (χ0) is 20.0. The number of pyridine rings is 1. The molecule has 0 spiro atoms. The van der Waals surface area contributed by atoms with Gasteiger partial charge in [0.15, 0.2) is 5.43 Å². The largest absolute Gasteiger partial charge is 0.348 e. The van der Waals surface area contributed by atoms with E-state index < -0.39 is 0 Å². The number of nitrogens with zero attached hydrogens (tertiary/aromatic N) is 1. The van der Waals surface area contributed by atoms with Crippen LogP contribution in [-0.2, 0) is 25.8 Å². The molecule has 0 atom stereocenters. The maximum Gasteiger partial charge on any atom is 0.261 e. The summed E-state index contributed by atoms with van der Waals surface area (Å²) in [6, 6.07) is 7.68. The van der Waals surface area contributed by atoms with Crippen LogP contribution in [0.2, 0.25) is 0 Å². The Balaban J connectivity index is 2.53. The average Bonchev–Trinajstić information content (AvgIpc) is 2.66. The number of hydrogen-bond acceptors (Lipinski definition) is 2. The lowest BCUT2D eigenvalue weighted by molar-refractivity contribution is 0.102. The van der Waals surface area contributed by atoms with E-state index in [2.05, 4.69) is 30.7 Å². The molecule has 2 rings (SSSR count). The fourth-order valence-corrected chi connectivity index (χ4v) is 3.65. The number of carbonyl (C=O) groups excluding carboxylic acids is 1. The van der Waals surface area contributed by atoms with E-state index in [0.29, 0.717) is 6.42 Å². The van der Waals surface area contributed by atoms with Gasteiger partial charge in [0.1, 0.15) is 5.56 Å². The number of unbranched alkanes of at least 4 members (excludes halogenated alkanes) is 1. The van der Waals surface area contributed by atoms with Crippen LogP contribution in [0.15, 0.2) is 29.1 Å². The van der Waals surface area contributed by atoms with Crippen LogP contribution in [0.5, 0.6) is 0 Å². The number of para-hydroxylation sites is 1. The summed E-state index contributed by atoms with van der Waals surface area (Å²) in [5.74, 6) is -0.294. The lowest BCUT2D eigenvalue weighted by Gasteiger charge is -2.20. The van der Waals surface area contributed by atoms with Crippen molar-refractivity contribution >= 4 is 11.6 Å². The third-order valence-corrected chi connectivity index (χ3v) is 5.16. The second-order valence-electron chi connectivity index (χ2n) is 6.94.